The molecule has 0 saturated carbocycles. The molecule has 0 bridgehead atoms. The number of carbonyl (C=O) groups is 1. The van der Waals surface area contributed by atoms with E-state index in [1.165, 1.54) is 25.6 Å². The van der Waals surface area contributed by atoms with E-state index in [1.54, 1.807) is 11.5 Å². The van der Waals surface area contributed by atoms with Crippen molar-refractivity contribution in [3.8, 4) is 0 Å². The number of nitrogens with zero attached hydrogens (tertiary/aromatic N) is 3. The van der Waals surface area contributed by atoms with E-state index in [0.717, 1.165) is 19.5 Å². The van der Waals surface area contributed by atoms with Crippen LogP contribution in [0, 0.1) is 12.8 Å². The van der Waals surface area contributed by atoms with Gasteiger partial charge < -0.3 is 14.6 Å². The minimum Gasteiger partial charge on any atom is -0.442 e. The van der Waals surface area contributed by atoms with Crippen LogP contribution in [-0.2, 0) is 6.54 Å². The Morgan fingerprint density at radius 3 is 2.89 bits per heavy atom. The summed E-state index contributed by atoms with van der Waals surface area (Å²) in [7, 11) is 0. The summed E-state index contributed by atoms with van der Waals surface area (Å²) < 4.78 is 7.14. The number of fused-ring (bicyclic) bond motifs is 1. The maximum atomic E-state index is 12.9. The first-order chi connectivity index (χ1) is 13.4. The molecular formula is C21H32N4O3. The number of carbonyl (C=O) groups excluding carboxylic acids is 1. The van der Waals surface area contributed by atoms with E-state index in [2.05, 4.69) is 22.1 Å². The summed E-state index contributed by atoms with van der Waals surface area (Å²) in [6.45, 7) is 11.3. The van der Waals surface area contributed by atoms with E-state index in [0.29, 0.717) is 36.4 Å². The highest BCUT2D eigenvalue weighted by atomic mass is 16.3. The lowest BCUT2D eigenvalue weighted by molar-refractivity contribution is 0.0948. The maximum absolute atomic E-state index is 12.9. The third-order valence-electron chi connectivity index (χ3n) is 5.49. The Balaban J connectivity index is 1.69. The number of furan rings is 1. The molecule has 1 amide bonds. The van der Waals surface area contributed by atoms with E-state index in [-0.39, 0.29) is 22.6 Å². The Bertz CT molecular complexity index is 884. The van der Waals surface area contributed by atoms with Gasteiger partial charge in [0, 0.05) is 25.7 Å². The van der Waals surface area contributed by atoms with Crippen LogP contribution in [0.15, 0.2) is 15.5 Å². The molecule has 28 heavy (non-hydrogen) atoms. The van der Waals surface area contributed by atoms with Gasteiger partial charge in [0.25, 0.3) is 11.5 Å². The first-order valence-electron chi connectivity index (χ1n) is 10.4. The zero-order valence-electron chi connectivity index (χ0n) is 17.5. The summed E-state index contributed by atoms with van der Waals surface area (Å²) in [6.07, 6.45) is 6.20. The van der Waals surface area contributed by atoms with E-state index < -0.39 is 0 Å². The lowest BCUT2D eigenvalue weighted by Gasteiger charge is -2.33. The molecule has 0 unspecified atom stereocenters. The molecule has 0 aliphatic carbocycles. The summed E-state index contributed by atoms with van der Waals surface area (Å²) >= 11 is 0. The van der Waals surface area contributed by atoms with Crippen molar-refractivity contribution in [2.24, 2.45) is 5.92 Å². The van der Waals surface area contributed by atoms with Gasteiger partial charge in [0.2, 0.25) is 5.71 Å². The lowest BCUT2D eigenvalue weighted by Crippen LogP contribution is -2.39. The molecule has 1 fully saturated rings. The Labute approximate surface area is 166 Å². The van der Waals surface area contributed by atoms with Crippen molar-refractivity contribution in [3.05, 3.63) is 28.0 Å². The number of aromatic nitrogens is 2. The Hall–Kier alpha value is -2.15. The van der Waals surface area contributed by atoms with Gasteiger partial charge in [0.15, 0.2) is 0 Å². The van der Waals surface area contributed by atoms with Crippen molar-refractivity contribution in [1.82, 2.24) is 19.8 Å². The van der Waals surface area contributed by atoms with Gasteiger partial charge in [-0.15, -0.1) is 0 Å². The number of aryl methyl sites for hydroxylation is 1. The van der Waals surface area contributed by atoms with Crippen molar-refractivity contribution < 1.29 is 9.21 Å². The molecule has 0 spiro atoms. The standard InChI is InChI=1S/C21H32N4O3/c1-14(2)12-25-13-23-20-18(21(25)27)17(16(4)28-20)19(26)22-9-7-11-24-10-6-5-8-15(24)3/h13-15H,5-12H2,1-4H3,(H,22,26)/t15-/m0/s1. The molecular weight excluding hydrogens is 356 g/mol. The molecule has 154 valence electrons. The minimum atomic E-state index is -0.260. The Kier molecular flexibility index (Phi) is 6.54. The van der Waals surface area contributed by atoms with Crippen LogP contribution in [0.1, 0.15) is 62.6 Å². The lowest BCUT2D eigenvalue weighted by atomic mass is 10.0. The van der Waals surface area contributed by atoms with Gasteiger partial charge in [-0.25, -0.2) is 4.98 Å². The van der Waals surface area contributed by atoms with Crippen molar-refractivity contribution in [1.29, 1.82) is 0 Å². The van der Waals surface area contributed by atoms with Crippen LogP contribution in [0.4, 0.5) is 0 Å². The highest BCUT2D eigenvalue weighted by Crippen LogP contribution is 2.21. The van der Waals surface area contributed by atoms with Crippen molar-refractivity contribution in [3.63, 3.8) is 0 Å². The number of piperidine rings is 1. The summed E-state index contributed by atoms with van der Waals surface area (Å²) in [5.74, 6) is 0.479. The number of amides is 1. The third kappa shape index (κ3) is 4.46. The van der Waals surface area contributed by atoms with Gasteiger partial charge in [-0.3, -0.25) is 14.2 Å². The number of nitrogens with one attached hydrogen (secondary N) is 1. The van der Waals surface area contributed by atoms with Crippen LogP contribution in [0.3, 0.4) is 0 Å². The topological polar surface area (TPSA) is 80.4 Å². The van der Waals surface area contributed by atoms with E-state index in [4.69, 9.17) is 4.42 Å². The smallest absolute Gasteiger partial charge is 0.265 e. The molecule has 7 nitrogen and oxygen atoms in total. The van der Waals surface area contributed by atoms with Crippen LogP contribution >= 0.6 is 0 Å². The van der Waals surface area contributed by atoms with Gasteiger partial charge in [0.05, 0.1) is 5.56 Å². The van der Waals surface area contributed by atoms with Gasteiger partial charge in [-0.2, -0.15) is 0 Å². The van der Waals surface area contributed by atoms with Gasteiger partial charge in [-0.05, 0) is 45.6 Å². The molecule has 3 heterocycles. The number of rotatable bonds is 7. The normalized spacial score (nSPS) is 18.1. The van der Waals surface area contributed by atoms with E-state index in [1.807, 2.05) is 13.8 Å². The van der Waals surface area contributed by atoms with Gasteiger partial charge >= 0.3 is 0 Å². The molecule has 0 aromatic carbocycles. The zero-order chi connectivity index (χ0) is 20.3. The molecule has 1 aliphatic rings. The first kappa shape index (κ1) is 20.6. The van der Waals surface area contributed by atoms with Crippen molar-refractivity contribution in [2.75, 3.05) is 19.6 Å². The number of hydrogen-bond donors (Lipinski definition) is 1. The summed E-state index contributed by atoms with van der Waals surface area (Å²) in [4.78, 5) is 32.4. The fourth-order valence-corrected chi connectivity index (χ4v) is 4.00. The average molecular weight is 389 g/mol. The fraction of sp³-hybridized carbons (Fsp3) is 0.667. The molecule has 3 rings (SSSR count). The molecule has 1 atom stereocenters. The highest BCUT2D eigenvalue weighted by Gasteiger charge is 2.23. The number of likely N-dealkylation sites (tertiary alicyclic amines) is 1. The van der Waals surface area contributed by atoms with Crippen LogP contribution < -0.4 is 10.9 Å². The van der Waals surface area contributed by atoms with Crippen LogP contribution in [-0.4, -0.2) is 46.0 Å². The SMILES string of the molecule is Cc1oc2ncn(CC(C)C)c(=O)c2c1C(=O)NCCCN1CCCC[C@@H]1C. The van der Waals surface area contributed by atoms with Crippen LogP contribution in [0.25, 0.3) is 11.1 Å². The van der Waals surface area contributed by atoms with Crippen molar-refractivity contribution >= 4 is 17.0 Å². The summed E-state index contributed by atoms with van der Waals surface area (Å²) in [5.41, 5.74) is 0.328. The second kappa shape index (κ2) is 8.90. The molecule has 2 aromatic heterocycles. The van der Waals surface area contributed by atoms with E-state index in [9.17, 15) is 9.59 Å². The fourth-order valence-electron chi connectivity index (χ4n) is 4.00. The zero-order valence-corrected chi connectivity index (χ0v) is 17.5. The van der Waals surface area contributed by atoms with Gasteiger partial charge in [-0.1, -0.05) is 20.3 Å². The molecule has 1 aliphatic heterocycles. The second-order valence-corrected chi connectivity index (χ2v) is 8.30. The summed E-state index contributed by atoms with van der Waals surface area (Å²) in [6, 6.07) is 0.620. The predicted octanol–water partition coefficient (Wildman–Crippen LogP) is 2.95. The monoisotopic (exact) mass is 388 g/mol. The molecule has 7 heteroatoms. The summed E-state index contributed by atoms with van der Waals surface area (Å²) in [5, 5.41) is 3.24. The quantitative estimate of drug-likeness (QED) is 0.738. The van der Waals surface area contributed by atoms with E-state index >= 15 is 0 Å². The first-order valence-corrected chi connectivity index (χ1v) is 10.4. The third-order valence-corrected chi connectivity index (χ3v) is 5.49. The van der Waals surface area contributed by atoms with Crippen molar-refractivity contribution in [2.45, 2.75) is 66.0 Å². The minimum absolute atomic E-state index is 0.220. The Morgan fingerprint density at radius 1 is 1.39 bits per heavy atom. The second-order valence-electron chi connectivity index (χ2n) is 8.30. The molecule has 2 aromatic rings. The average Bonchev–Trinajstić information content (AvgIpc) is 2.99. The largest absolute Gasteiger partial charge is 0.442 e. The maximum Gasteiger partial charge on any atom is 0.265 e. The number of hydrogen-bond acceptors (Lipinski definition) is 5. The van der Waals surface area contributed by atoms with Crippen LogP contribution in [0.2, 0.25) is 0 Å². The van der Waals surface area contributed by atoms with Crippen LogP contribution in [0.5, 0.6) is 0 Å². The van der Waals surface area contributed by atoms with Gasteiger partial charge in [0.1, 0.15) is 17.5 Å². The Morgan fingerprint density at radius 2 is 2.18 bits per heavy atom. The molecule has 1 N–H and O–H groups in total. The predicted molar refractivity (Wildman–Crippen MR) is 110 cm³/mol. The molecule has 1 saturated heterocycles. The molecule has 0 radical (unpaired) electrons. The highest BCUT2D eigenvalue weighted by molar-refractivity contribution is 6.06.